The molecular weight excluding hydrogens is 361 g/mol. The fraction of sp³-hybridized carbons (Fsp3) is 0.167. The number of benzene rings is 2. The monoisotopic (exact) mass is 377 g/mol. The molecule has 0 aliphatic heterocycles. The summed E-state index contributed by atoms with van der Waals surface area (Å²) in [6.45, 7) is 2.00. The second kappa shape index (κ2) is 7.92. The first-order valence-electron chi connectivity index (χ1n) is 7.06. The highest BCUT2D eigenvalue weighted by molar-refractivity contribution is 9.10. The zero-order chi connectivity index (χ0) is 16.8. The Labute approximate surface area is 143 Å². The van der Waals surface area contributed by atoms with Crippen LogP contribution in [0.3, 0.4) is 0 Å². The average Bonchev–Trinajstić information content (AvgIpc) is 2.52. The van der Waals surface area contributed by atoms with Crippen LogP contribution in [0, 0.1) is 5.82 Å². The molecule has 2 rings (SSSR count). The highest BCUT2D eigenvalue weighted by Gasteiger charge is 2.07. The van der Waals surface area contributed by atoms with Gasteiger partial charge in [0.1, 0.15) is 5.82 Å². The van der Waals surface area contributed by atoms with Crippen molar-refractivity contribution in [3.8, 4) is 0 Å². The van der Waals surface area contributed by atoms with E-state index in [1.807, 2.05) is 31.2 Å². The van der Waals surface area contributed by atoms with Crippen LogP contribution in [0.2, 0.25) is 0 Å². The minimum Gasteiger partial charge on any atom is -0.466 e. The quantitative estimate of drug-likeness (QED) is 0.591. The molecule has 2 aromatic rings. The zero-order valence-corrected chi connectivity index (χ0v) is 14.4. The van der Waals surface area contributed by atoms with Gasteiger partial charge >= 0.3 is 5.97 Å². The lowest BCUT2D eigenvalue weighted by Gasteiger charge is -2.16. The maximum absolute atomic E-state index is 13.7. The van der Waals surface area contributed by atoms with Crippen LogP contribution >= 0.6 is 15.9 Å². The smallest absolute Gasteiger partial charge is 0.330 e. The zero-order valence-electron chi connectivity index (χ0n) is 12.8. The Morgan fingerprint density at radius 2 is 1.96 bits per heavy atom. The molecule has 0 fully saturated rings. The lowest BCUT2D eigenvalue weighted by atomic mass is 10.1. The Bertz CT molecular complexity index is 713. The number of carbonyl (C=O) groups excluding carboxylic acids is 1. The van der Waals surface area contributed by atoms with Gasteiger partial charge in [0.25, 0.3) is 0 Å². The van der Waals surface area contributed by atoms with Crippen LogP contribution in [0.5, 0.6) is 0 Å². The first kappa shape index (κ1) is 17.2. The van der Waals surface area contributed by atoms with Crippen molar-refractivity contribution in [3.63, 3.8) is 0 Å². The molecule has 3 nitrogen and oxygen atoms in total. The first-order chi connectivity index (χ1) is 11.0. The van der Waals surface area contributed by atoms with E-state index in [-0.39, 0.29) is 11.9 Å². The second-order valence-electron chi connectivity index (χ2n) is 5.05. The minimum atomic E-state index is -0.480. The van der Waals surface area contributed by atoms with Gasteiger partial charge in [-0.05, 0) is 54.5 Å². The molecule has 0 saturated heterocycles. The lowest BCUT2D eigenvalue weighted by Crippen LogP contribution is -2.06. The summed E-state index contributed by atoms with van der Waals surface area (Å²) in [7, 11) is 1.30. The van der Waals surface area contributed by atoms with Crippen molar-refractivity contribution >= 4 is 33.7 Å². The topological polar surface area (TPSA) is 38.3 Å². The van der Waals surface area contributed by atoms with Crippen molar-refractivity contribution in [2.24, 2.45) is 0 Å². The van der Waals surface area contributed by atoms with Gasteiger partial charge in [-0.15, -0.1) is 0 Å². The Morgan fingerprint density at radius 3 is 2.61 bits per heavy atom. The molecule has 5 heteroatoms. The molecule has 0 amide bonds. The Hall–Kier alpha value is -2.14. The summed E-state index contributed by atoms with van der Waals surface area (Å²) in [5, 5.41) is 3.26. The molecule has 0 saturated carbocycles. The van der Waals surface area contributed by atoms with Crippen LogP contribution < -0.4 is 5.32 Å². The number of methoxy groups -OCH3 is 1. The summed E-state index contributed by atoms with van der Waals surface area (Å²) in [5.74, 6) is -0.852. The van der Waals surface area contributed by atoms with Crippen LogP contribution in [0.1, 0.15) is 24.1 Å². The van der Waals surface area contributed by atoms with Gasteiger partial charge in [-0.25, -0.2) is 9.18 Å². The SMILES string of the molecule is COC(=O)/C=C/c1cc(F)cc(NC(C)c2ccc(Br)cc2)c1. The van der Waals surface area contributed by atoms with Gasteiger partial charge in [0.2, 0.25) is 0 Å². The first-order valence-corrected chi connectivity index (χ1v) is 7.86. The maximum atomic E-state index is 13.7. The van der Waals surface area contributed by atoms with E-state index in [2.05, 4.69) is 26.0 Å². The molecule has 1 atom stereocenters. The molecule has 1 unspecified atom stereocenters. The molecule has 1 N–H and O–H groups in total. The summed E-state index contributed by atoms with van der Waals surface area (Å²) >= 11 is 3.40. The number of anilines is 1. The molecule has 0 heterocycles. The van der Waals surface area contributed by atoms with E-state index in [4.69, 9.17) is 0 Å². The molecule has 0 aliphatic carbocycles. The van der Waals surface area contributed by atoms with Gasteiger partial charge in [0.05, 0.1) is 7.11 Å². The number of esters is 1. The Balaban J connectivity index is 2.16. The summed E-state index contributed by atoms with van der Waals surface area (Å²) in [5.41, 5.74) is 2.31. The van der Waals surface area contributed by atoms with Gasteiger partial charge in [0.15, 0.2) is 0 Å². The average molecular weight is 378 g/mol. The number of carbonyl (C=O) groups is 1. The molecule has 0 radical (unpaired) electrons. The molecule has 0 aliphatic rings. The van der Waals surface area contributed by atoms with E-state index in [1.165, 1.54) is 31.4 Å². The third-order valence-electron chi connectivity index (χ3n) is 3.29. The van der Waals surface area contributed by atoms with Crippen molar-refractivity contribution in [2.45, 2.75) is 13.0 Å². The summed E-state index contributed by atoms with van der Waals surface area (Å²) < 4.78 is 19.3. The van der Waals surface area contributed by atoms with Gasteiger partial charge in [-0.2, -0.15) is 0 Å². The van der Waals surface area contributed by atoms with E-state index < -0.39 is 5.97 Å². The number of hydrogen-bond acceptors (Lipinski definition) is 3. The van der Waals surface area contributed by atoms with E-state index in [0.717, 1.165) is 10.0 Å². The Morgan fingerprint density at radius 1 is 1.26 bits per heavy atom. The van der Waals surface area contributed by atoms with Gasteiger partial charge in [-0.1, -0.05) is 28.1 Å². The molecule has 0 aromatic heterocycles. The van der Waals surface area contributed by atoms with Gasteiger partial charge < -0.3 is 10.1 Å². The molecule has 120 valence electrons. The standard InChI is InChI=1S/C18H17BrFNO2/c1-12(14-4-6-15(19)7-5-14)21-17-10-13(9-16(20)11-17)3-8-18(22)23-2/h3-12,21H,1-2H3/b8-3+. The van der Waals surface area contributed by atoms with E-state index >= 15 is 0 Å². The fourth-order valence-corrected chi connectivity index (χ4v) is 2.37. The molecule has 2 aromatic carbocycles. The Kier molecular flexibility index (Phi) is 5.93. The maximum Gasteiger partial charge on any atom is 0.330 e. The van der Waals surface area contributed by atoms with Crippen LogP contribution in [0.15, 0.2) is 53.0 Å². The van der Waals surface area contributed by atoms with Gasteiger partial charge in [-0.3, -0.25) is 0 Å². The summed E-state index contributed by atoms with van der Waals surface area (Å²) in [4.78, 5) is 11.1. The number of hydrogen-bond donors (Lipinski definition) is 1. The van der Waals surface area contributed by atoms with Crippen LogP contribution in [-0.2, 0) is 9.53 Å². The highest BCUT2D eigenvalue weighted by atomic mass is 79.9. The number of ether oxygens (including phenoxy) is 1. The van der Waals surface area contributed by atoms with Crippen molar-refractivity contribution < 1.29 is 13.9 Å². The normalized spacial score (nSPS) is 12.2. The fourth-order valence-electron chi connectivity index (χ4n) is 2.11. The van der Waals surface area contributed by atoms with Crippen LogP contribution in [0.4, 0.5) is 10.1 Å². The van der Waals surface area contributed by atoms with Crippen molar-refractivity contribution in [1.82, 2.24) is 0 Å². The van der Waals surface area contributed by atoms with Crippen LogP contribution in [-0.4, -0.2) is 13.1 Å². The number of nitrogens with one attached hydrogen (secondary N) is 1. The third kappa shape index (κ3) is 5.21. The lowest BCUT2D eigenvalue weighted by molar-refractivity contribution is -0.134. The third-order valence-corrected chi connectivity index (χ3v) is 3.82. The highest BCUT2D eigenvalue weighted by Crippen LogP contribution is 2.23. The summed E-state index contributed by atoms with van der Waals surface area (Å²) in [6.07, 6.45) is 2.78. The molecule has 0 bridgehead atoms. The predicted molar refractivity (Wildman–Crippen MR) is 93.6 cm³/mol. The van der Waals surface area contributed by atoms with E-state index in [9.17, 15) is 9.18 Å². The van der Waals surface area contributed by atoms with Crippen molar-refractivity contribution in [3.05, 3.63) is 70.0 Å². The number of halogens is 2. The molecule has 23 heavy (non-hydrogen) atoms. The predicted octanol–water partition coefficient (Wildman–Crippen LogP) is 4.95. The van der Waals surface area contributed by atoms with Crippen molar-refractivity contribution in [1.29, 1.82) is 0 Å². The van der Waals surface area contributed by atoms with E-state index in [1.54, 1.807) is 6.07 Å². The number of rotatable bonds is 5. The second-order valence-corrected chi connectivity index (χ2v) is 5.96. The van der Waals surface area contributed by atoms with Crippen LogP contribution in [0.25, 0.3) is 6.08 Å². The summed E-state index contributed by atoms with van der Waals surface area (Å²) in [6, 6.07) is 12.5. The molecular formula is C18H17BrFNO2. The molecule has 0 spiro atoms. The minimum absolute atomic E-state index is 0.0161. The van der Waals surface area contributed by atoms with Crippen molar-refractivity contribution in [2.75, 3.05) is 12.4 Å². The van der Waals surface area contributed by atoms with E-state index in [0.29, 0.717) is 11.3 Å². The van der Waals surface area contributed by atoms with Gasteiger partial charge in [0, 0.05) is 22.3 Å². The largest absolute Gasteiger partial charge is 0.466 e.